The van der Waals surface area contributed by atoms with E-state index in [1.807, 2.05) is 31.2 Å². The molecule has 6 heteroatoms. The molecule has 1 amide bonds. The number of hydrogen-bond donors (Lipinski definition) is 0. The van der Waals surface area contributed by atoms with Gasteiger partial charge >= 0.3 is 6.09 Å². The summed E-state index contributed by atoms with van der Waals surface area (Å²) in [5, 5.41) is 0. The second-order valence-corrected chi connectivity index (χ2v) is 8.35. The van der Waals surface area contributed by atoms with E-state index in [4.69, 9.17) is 4.74 Å². The van der Waals surface area contributed by atoms with Gasteiger partial charge in [-0.15, -0.1) is 0 Å². The van der Waals surface area contributed by atoms with Gasteiger partial charge in [0.2, 0.25) is 0 Å². The van der Waals surface area contributed by atoms with Crippen LogP contribution in [-0.2, 0) is 4.74 Å². The molecular formula is C22H26BrF2NO2. The molecule has 0 bridgehead atoms. The summed E-state index contributed by atoms with van der Waals surface area (Å²) in [6.07, 6.45) is 0.232. The largest absolute Gasteiger partial charge is 0.446 e. The van der Waals surface area contributed by atoms with Gasteiger partial charge in [0.15, 0.2) is 0 Å². The van der Waals surface area contributed by atoms with Crippen LogP contribution in [0.2, 0.25) is 0 Å². The van der Waals surface area contributed by atoms with Gasteiger partial charge in [0.25, 0.3) is 0 Å². The summed E-state index contributed by atoms with van der Waals surface area (Å²) < 4.78 is 31.9. The van der Waals surface area contributed by atoms with Gasteiger partial charge in [-0.25, -0.2) is 13.6 Å². The molecular weight excluding hydrogens is 428 g/mol. The van der Waals surface area contributed by atoms with Crippen molar-refractivity contribution in [3.05, 3.63) is 70.5 Å². The molecule has 0 aliphatic carbocycles. The van der Waals surface area contributed by atoms with Crippen LogP contribution >= 0.6 is 15.9 Å². The number of benzene rings is 2. The van der Waals surface area contributed by atoms with E-state index in [2.05, 4.69) is 15.9 Å². The number of ether oxygens (including phenoxy) is 1. The zero-order chi connectivity index (χ0) is 20.7. The number of hydrogen-bond acceptors (Lipinski definition) is 2. The van der Waals surface area contributed by atoms with Gasteiger partial charge in [-0.1, -0.05) is 46.3 Å². The van der Waals surface area contributed by atoms with E-state index in [1.165, 1.54) is 26.0 Å². The molecule has 0 radical (unpaired) electrons. The summed E-state index contributed by atoms with van der Waals surface area (Å²) in [7, 11) is 0. The smallest absolute Gasteiger partial charge is 0.410 e. The van der Waals surface area contributed by atoms with E-state index >= 15 is 0 Å². The van der Waals surface area contributed by atoms with Crippen LogP contribution in [0.1, 0.15) is 45.2 Å². The van der Waals surface area contributed by atoms with Gasteiger partial charge in [-0.05, 0) is 50.6 Å². The molecule has 3 nitrogen and oxygen atoms in total. The molecule has 152 valence electrons. The van der Waals surface area contributed by atoms with Crippen LogP contribution < -0.4 is 0 Å². The Labute approximate surface area is 173 Å². The summed E-state index contributed by atoms with van der Waals surface area (Å²) in [5.74, 6) is -0.178. The molecule has 1 aliphatic heterocycles. The Morgan fingerprint density at radius 2 is 1.79 bits per heavy atom. The Bertz CT molecular complexity index is 747. The Balaban J connectivity index is 0.000000336. The van der Waals surface area contributed by atoms with E-state index in [1.54, 1.807) is 23.1 Å². The standard InChI is InChI=1S/C16H21BrFNO2.C6H5F/c1-11(12-4-6-13(17)7-5-12)19-9-8-14(21-15(19)20)10-16(2,3)18;7-6-4-2-1-3-5-6/h4-7,11,14H,8-10H2,1-3H3;1-5H. The van der Waals surface area contributed by atoms with Gasteiger partial charge in [-0.2, -0.15) is 0 Å². The fourth-order valence-corrected chi connectivity index (χ4v) is 3.28. The maximum atomic E-state index is 13.6. The molecule has 2 unspecified atom stereocenters. The molecule has 2 atom stereocenters. The van der Waals surface area contributed by atoms with Gasteiger partial charge in [0, 0.05) is 23.9 Å². The van der Waals surface area contributed by atoms with Gasteiger partial charge < -0.3 is 9.64 Å². The fourth-order valence-electron chi connectivity index (χ4n) is 3.02. The SMILES string of the molecule is CC(c1ccc(Br)cc1)N1CCC(CC(C)(C)F)OC1=O.Fc1ccccc1. The van der Waals surface area contributed by atoms with Crippen molar-refractivity contribution in [2.75, 3.05) is 6.54 Å². The highest BCUT2D eigenvalue weighted by Crippen LogP contribution is 2.29. The summed E-state index contributed by atoms with van der Waals surface area (Å²) >= 11 is 3.40. The van der Waals surface area contributed by atoms with Crippen LogP contribution in [0.3, 0.4) is 0 Å². The van der Waals surface area contributed by atoms with E-state index in [0.717, 1.165) is 10.0 Å². The minimum atomic E-state index is -1.32. The van der Waals surface area contributed by atoms with Crippen molar-refractivity contribution in [3.8, 4) is 0 Å². The molecule has 2 aromatic carbocycles. The fraction of sp³-hybridized carbons (Fsp3) is 0.409. The number of cyclic esters (lactones) is 1. The second kappa shape index (κ2) is 10.0. The lowest BCUT2D eigenvalue weighted by molar-refractivity contribution is -0.00960. The third-order valence-electron chi connectivity index (χ3n) is 4.46. The molecule has 0 spiro atoms. The summed E-state index contributed by atoms with van der Waals surface area (Å²) in [6, 6.07) is 15.8. The molecule has 0 aromatic heterocycles. The first-order chi connectivity index (χ1) is 13.2. The molecule has 2 aromatic rings. The van der Waals surface area contributed by atoms with Crippen LogP contribution in [0.4, 0.5) is 13.6 Å². The number of nitrogens with zero attached hydrogens (tertiary/aromatic N) is 1. The van der Waals surface area contributed by atoms with E-state index in [9.17, 15) is 13.6 Å². The average Bonchev–Trinajstić information content (AvgIpc) is 2.62. The van der Waals surface area contributed by atoms with Crippen LogP contribution in [0, 0.1) is 5.82 Å². The molecule has 1 fully saturated rings. The van der Waals surface area contributed by atoms with Crippen LogP contribution in [0.15, 0.2) is 59.1 Å². The maximum absolute atomic E-state index is 13.6. The minimum absolute atomic E-state index is 0.0510. The Morgan fingerprint density at radius 3 is 2.25 bits per heavy atom. The van der Waals surface area contributed by atoms with Crippen molar-refractivity contribution in [3.63, 3.8) is 0 Å². The van der Waals surface area contributed by atoms with E-state index in [-0.39, 0.29) is 30.5 Å². The van der Waals surface area contributed by atoms with E-state index in [0.29, 0.717) is 13.0 Å². The summed E-state index contributed by atoms with van der Waals surface area (Å²) in [6.45, 7) is 5.59. The van der Waals surface area contributed by atoms with Crippen molar-refractivity contribution in [2.45, 2.75) is 51.4 Å². The molecule has 0 saturated carbocycles. The predicted octanol–water partition coefficient (Wildman–Crippen LogP) is 6.68. The van der Waals surface area contributed by atoms with Crippen molar-refractivity contribution in [1.82, 2.24) is 4.90 Å². The maximum Gasteiger partial charge on any atom is 0.410 e. The zero-order valence-corrected chi connectivity index (χ0v) is 18.0. The first-order valence-corrected chi connectivity index (χ1v) is 10.1. The second-order valence-electron chi connectivity index (χ2n) is 7.43. The molecule has 1 heterocycles. The highest BCUT2D eigenvalue weighted by Gasteiger charge is 2.34. The van der Waals surface area contributed by atoms with E-state index < -0.39 is 5.67 Å². The lowest BCUT2D eigenvalue weighted by atomic mass is 9.99. The first kappa shape index (κ1) is 22.3. The third kappa shape index (κ3) is 7.23. The molecule has 3 rings (SSSR count). The third-order valence-corrected chi connectivity index (χ3v) is 4.99. The first-order valence-electron chi connectivity index (χ1n) is 9.28. The monoisotopic (exact) mass is 453 g/mol. The predicted molar refractivity (Wildman–Crippen MR) is 110 cm³/mol. The number of amides is 1. The van der Waals surface area contributed by atoms with Gasteiger partial charge in [0.1, 0.15) is 17.6 Å². The molecule has 28 heavy (non-hydrogen) atoms. The highest BCUT2D eigenvalue weighted by atomic mass is 79.9. The van der Waals surface area contributed by atoms with Crippen molar-refractivity contribution in [2.24, 2.45) is 0 Å². The van der Waals surface area contributed by atoms with Crippen LogP contribution in [0.25, 0.3) is 0 Å². The van der Waals surface area contributed by atoms with Crippen LogP contribution in [0.5, 0.6) is 0 Å². The number of alkyl halides is 1. The number of carbonyl (C=O) groups excluding carboxylic acids is 1. The number of carbonyl (C=O) groups is 1. The highest BCUT2D eigenvalue weighted by molar-refractivity contribution is 9.10. The lowest BCUT2D eigenvalue weighted by Gasteiger charge is -2.37. The van der Waals surface area contributed by atoms with Gasteiger partial charge in [0.05, 0.1) is 6.04 Å². The Morgan fingerprint density at radius 1 is 1.18 bits per heavy atom. The Kier molecular flexibility index (Phi) is 7.98. The number of halogens is 3. The normalized spacial score (nSPS) is 18.0. The zero-order valence-electron chi connectivity index (χ0n) is 16.4. The van der Waals surface area contributed by atoms with Crippen molar-refractivity contribution >= 4 is 22.0 Å². The molecule has 1 aliphatic rings. The minimum Gasteiger partial charge on any atom is -0.446 e. The Hall–Kier alpha value is -1.95. The van der Waals surface area contributed by atoms with Gasteiger partial charge in [-0.3, -0.25) is 0 Å². The lowest BCUT2D eigenvalue weighted by Crippen LogP contribution is -2.44. The molecule has 1 saturated heterocycles. The average molecular weight is 454 g/mol. The van der Waals surface area contributed by atoms with Crippen LogP contribution in [-0.4, -0.2) is 29.3 Å². The topological polar surface area (TPSA) is 29.5 Å². The van der Waals surface area contributed by atoms with Crippen molar-refractivity contribution in [1.29, 1.82) is 0 Å². The molecule has 0 N–H and O–H groups in total. The summed E-state index contributed by atoms with van der Waals surface area (Å²) in [5.41, 5.74) is -0.260. The quantitative estimate of drug-likeness (QED) is 0.516. The number of rotatable bonds is 4. The summed E-state index contributed by atoms with van der Waals surface area (Å²) in [4.78, 5) is 13.8. The van der Waals surface area contributed by atoms with Crippen molar-refractivity contribution < 1.29 is 18.3 Å².